The molecule has 0 saturated heterocycles. The summed E-state index contributed by atoms with van der Waals surface area (Å²) in [5.74, 6) is 0. The number of rotatable bonds is 4. The van der Waals surface area contributed by atoms with Gasteiger partial charge < -0.3 is 0 Å². The van der Waals surface area contributed by atoms with Crippen LogP contribution in [0.15, 0.2) is 23.4 Å². The second kappa shape index (κ2) is 5.21. The Kier molecular flexibility index (Phi) is 4.21. The monoisotopic (exact) mass is 229 g/mol. The Morgan fingerprint density at radius 3 is 2.79 bits per heavy atom. The minimum Gasteiger partial charge on any atom is -0.258 e. The van der Waals surface area contributed by atoms with E-state index in [4.69, 9.17) is 0 Å². The summed E-state index contributed by atoms with van der Waals surface area (Å²) in [5, 5.41) is 11.3. The van der Waals surface area contributed by atoms with Crippen LogP contribution in [-0.4, -0.2) is 15.2 Å². The summed E-state index contributed by atoms with van der Waals surface area (Å²) in [5.41, 5.74) is 0.0158. The summed E-state index contributed by atoms with van der Waals surface area (Å²) >= 11 is 0. The second-order valence-corrected chi connectivity index (χ2v) is 5.26. The molecule has 0 aliphatic rings. The predicted molar refractivity (Wildman–Crippen MR) is 59.2 cm³/mol. The van der Waals surface area contributed by atoms with Crippen LogP contribution in [0.4, 0.5) is 5.69 Å². The fraction of sp³-hybridized carbons (Fsp3) is 0.250. The Balaban J connectivity index is 2.60. The molecule has 0 N–H and O–H groups in total. The topological polar surface area (TPSA) is 56.0 Å². The van der Waals surface area contributed by atoms with Crippen molar-refractivity contribution in [3.05, 3.63) is 35.4 Å². The zero-order valence-corrected chi connectivity index (χ0v) is 9.18. The third-order valence-corrected chi connectivity index (χ3v) is 3.85. The first-order valence-corrected chi connectivity index (χ1v) is 6.07. The summed E-state index contributed by atoms with van der Waals surface area (Å²) in [4.78, 5) is 13.8. The Hall–Kier alpha value is -0.750. The average Bonchev–Trinajstić information content (AvgIpc) is 2.15. The molecule has 0 aromatic carbocycles. The van der Waals surface area contributed by atoms with Crippen molar-refractivity contribution in [1.29, 1.82) is 0 Å². The van der Waals surface area contributed by atoms with Crippen molar-refractivity contribution < 1.29 is 4.92 Å². The molecule has 0 saturated carbocycles. The molecule has 0 amide bonds. The molecule has 4 nitrogen and oxygen atoms in total. The Morgan fingerprint density at radius 1 is 1.64 bits per heavy atom. The molecule has 0 unspecified atom stereocenters. The summed E-state index contributed by atoms with van der Waals surface area (Å²) in [6, 6.07) is 3.09. The molecule has 6 heteroatoms. The molecule has 1 aromatic rings. The zero-order valence-electron chi connectivity index (χ0n) is 7.54. The fourth-order valence-electron chi connectivity index (χ4n) is 0.661. The molecule has 0 spiro atoms. The van der Waals surface area contributed by atoms with E-state index in [0.29, 0.717) is 0 Å². The van der Waals surface area contributed by atoms with Crippen molar-refractivity contribution >= 4 is 27.3 Å². The van der Waals surface area contributed by atoms with Gasteiger partial charge in [-0.3, -0.25) is 10.1 Å². The highest BCUT2D eigenvalue weighted by atomic mass is 33.1. The molecular weight excluding hydrogens is 220 g/mol. The van der Waals surface area contributed by atoms with Crippen molar-refractivity contribution in [3.8, 4) is 0 Å². The van der Waals surface area contributed by atoms with E-state index in [0.717, 1.165) is 5.03 Å². The minimum atomic E-state index is -0.460. The molecule has 0 aliphatic carbocycles. The van der Waals surface area contributed by atoms with E-state index in [2.05, 4.69) is 11.9 Å². The fourth-order valence-corrected chi connectivity index (χ4v) is 2.23. The normalized spacial score (nSPS) is 10.5. The minimum absolute atomic E-state index is 0.0158. The van der Waals surface area contributed by atoms with E-state index in [1.807, 2.05) is 6.92 Å². The maximum Gasteiger partial charge on any atom is 0.287 e. The molecule has 1 heterocycles. The van der Waals surface area contributed by atoms with Crippen molar-refractivity contribution in [2.75, 3.05) is 0 Å². The van der Waals surface area contributed by atoms with Crippen LogP contribution in [0.25, 0.3) is 0 Å². The van der Waals surface area contributed by atoms with E-state index >= 15 is 0 Å². The Bertz CT molecular complexity index is 314. The van der Waals surface area contributed by atoms with Gasteiger partial charge in [-0.25, -0.2) is 4.98 Å². The third-order valence-electron chi connectivity index (χ3n) is 1.23. The van der Waals surface area contributed by atoms with Crippen LogP contribution in [-0.2, 0) is 0 Å². The quantitative estimate of drug-likeness (QED) is 0.451. The van der Waals surface area contributed by atoms with Gasteiger partial charge in [-0.1, -0.05) is 17.7 Å². The number of hydrogen-bond acceptors (Lipinski definition) is 5. The summed E-state index contributed by atoms with van der Waals surface area (Å²) < 4.78 is 0. The lowest BCUT2D eigenvalue weighted by Gasteiger charge is -2.01. The summed E-state index contributed by atoms with van der Waals surface area (Å²) in [6.07, 6.45) is 1.26. The number of pyridine rings is 1. The van der Waals surface area contributed by atoms with Crippen LogP contribution in [0.3, 0.4) is 0 Å². The van der Waals surface area contributed by atoms with Gasteiger partial charge >= 0.3 is 0 Å². The highest BCUT2D eigenvalue weighted by Gasteiger charge is 2.06. The molecular formula is C8H9N2O2S2. The number of nitrogens with zero attached hydrogens (tertiary/aromatic N) is 2. The number of hydrogen-bond donors (Lipinski definition) is 0. The smallest absolute Gasteiger partial charge is 0.258 e. The molecule has 75 valence electrons. The maximum absolute atomic E-state index is 10.3. The van der Waals surface area contributed by atoms with Gasteiger partial charge in [-0.05, 0) is 23.8 Å². The van der Waals surface area contributed by atoms with Crippen LogP contribution < -0.4 is 0 Å². The molecule has 1 aromatic heterocycles. The van der Waals surface area contributed by atoms with Gasteiger partial charge in [-0.15, -0.1) is 0 Å². The Morgan fingerprint density at radius 2 is 2.36 bits per heavy atom. The predicted octanol–water partition coefficient (Wildman–Crippen LogP) is 2.95. The summed E-state index contributed by atoms with van der Waals surface area (Å²) in [7, 11) is 3.04. The van der Waals surface area contributed by atoms with Gasteiger partial charge in [0.2, 0.25) is 0 Å². The zero-order chi connectivity index (χ0) is 10.6. The van der Waals surface area contributed by atoms with Gasteiger partial charge in [0.15, 0.2) is 0 Å². The maximum atomic E-state index is 10.3. The highest BCUT2D eigenvalue weighted by Crippen LogP contribution is 2.32. The average molecular weight is 229 g/mol. The van der Waals surface area contributed by atoms with E-state index in [9.17, 15) is 10.1 Å². The first-order valence-electron chi connectivity index (χ1n) is 3.86. The van der Waals surface area contributed by atoms with Crippen molar-refractivity contribution in [2.45, 2.75) is 17.2 Å². The SMILES string of the molecule is [CH2][C@H](C)SSc1ccc([N+](=O)[O-])cn1. The van der Waals surface area contributed by atoms with Gasteiger partial charge in [0.05, 0.1) is 4.92 Å². The second-order valence-electron chi connectivity index (χ2n) is 2.60. The third kappa shape index (κ3) is 3.55. The Labute approximate surface area is 90.0 Å². The van der Waals surface area contributed by atoms with E-state index in [-0.39, 0.29) is 10.9 Å². The van der Waals surface area contributed by atoms with Crippen molar-refractivity contribution in [2.24, 2.45) is 0 Å². The molecule has 0 aliphatic heterocycles. The van der Waals surface area contributed by atoms with Crippen molar-refractivity contribution in [1.82, 2.24) is 4.98 Å². The lowest BCUT2D eigenvalue weighted by molar-refractivity contribution is -0.385. The van der Waals surface area contributed by atoms with E-state index < -0.39 is 4.92 Å². The first kappa shape index (κ1) is 11.3. The lowest BCUT2D eigenvalue weighted by Crippen LogP contribution is -1.89. The molecule has 0 fully saturated rings. The van der Waals surface area contributed by atoms with E-state index in [1.165, 1.54) is 23.1 Å². The molecule has 1 atom stereocenters. The lowest BCUT2D eigenvalue weighted by atomic mass is 10.4. The van der Waals surface area contributed by atoms with E-state index in [1.54, 1.807) is 16.9 Å². The first-order chi connectivity index (χ1) is 6.59. The van der Waals surface area contributed by atoms with Gasteiger partial charge in [0, 0.05) is 11.3 Å². The van der Waals surface area contributed by atoms with Gasteiger partial charge in [0.1, 0.15) is 11.2 Å². The number of aromatic nitrogens is 1. The van der Waals surface area contributed by atoms with Gasteiger partial charge in [-0.2, -0.15) is 0 Å². The van der Waals surface area contributed by atoms with Crippen LogP contribution in [0.1, 0.15) is 6.92 Å². The van der Waals surface area contributed by atoms with Crippen LogP contribution >= 0.6 is 21.6 Å². The molecule has 1 rings (SSSR count). The molecule has 14 heavy (non-hydrogen) atoms. The molecule has 0 bridgehead atoms. The number of nitro groups is 1. The highest BCUT2D eigenvalue weighted by molar-refractivity contribution is 8.76. The van der Waals surface area contributed by atoms with Crippen LogP contribution in [0.2, 0.25) is 0 Å². The standard InChI is InChI=1S/C8H9N2O2S2/c1-6(2)13-14-8-4-3-7(5-9-8)10(11)12/h3-6H,1H2,2H3/t6-/m1/s1. The van der Waals surface area contributed by atoms with Crippen molar-refractivity contribution in [3.63, 3.8) is 0 Å². The van der Waals surface area contributed by atoms with Gasteiger partial charge in [0.25, 0.3) is 5.69 Å². The largest absolute Gasteiger partial charge is 0.287 e. The van der Waals surface area contributed by atoms with Crippen LogP contribution in [0, 0.1) is 17.0 Å². The molecule has 1 radical (unpaired) electrons. The summed E-state index contributed by atoms with van der Waals surface area (Å²) in [6.45, 7) is 5.78. The van der Waals surface area contributed by atoms with Crippen LogP contribution in [0.5, 0.6) is 0 Å².